The smallest absolute Gasteiger partial charge is 0.222 e. The Kier molecular flexibility index (Phi) is 4.22. The summed E-state index contributed by atoms with van der Waals surface area (Å²) in [5.74, 6) is 1.14. The first-order chi connectivity index (χ1) is 11.7. The summed E-state index contributed by atoms with van der Waals surface area (Å²) >= 11 is 1.72. The van der Waals surface area contributed by atoms with Crippen LogP contribution in [0.2, 0.25) is 0 Å². The van der Waals surface area contributed by atoms with Crippen molar-refractivity contribution in [3.05, 3.63) is 29.3 Å². The number of thiazole rings is 1. The standard InChI is InChI=1S/C18H21N3O2S/c22-16-8-12-10-21(11-13(12)9-19-16)18(23)7-3-6-17-20-14-4-1-2-5-15(14)24-17/h1-2,4-5,12-13H,3,6-11H2,(H,19,22)/t12-,13+/m0/s1. The number of likely N-dealkylation sites (tertiary alicyclic amines) is 1. The molecule has 126 valence electrons. The van der Waals surface area contributed by atoms with Gasteiger partial charge in [0.2, 0.25) is 11.8 Å². The molecule has 4 rings (SSSR count). The summed E-state index contributed by atoms with van der Waals surface area (Å²) in [6.07, 6.45) is 2.82. The molecule has 0 unspecified atom stereocenters. The van der Waals surface area contributed by atoms with E-state index in [9.17, 15) is 9.59 Å². The zero-order valence-electron chi connectivity index (χ0n) is 13.5. The topological polar surface area (TPSA) is 62.3 Å². The number of aromatic nitrogens is 1. The van der Waals surface area contributed by atoms with Gasteiger partial charge in [0.15, 0.2) is 0 Å². The van der Waals surface area contributed by atoms with Crippen LogP contribution in [0.5, 0.6) is 0 Å². The van der Waals surface area contributed by atoms with Crippen molar-refractivity contribution in [2.75, 3.05) is 19.6 Å². The fraction of sp³-hybridized carbons (Fsp3) is 0.500. The molecule has 2 aliphatic heterocycles. The van der Waals surface area contributed by atoms with Gasteiger partial charge in [-0.2, -0.15) is 0 Å². The summed E-state index contributed by atoms with van der Waals surface area (Å²) in [5, 5.41) is 4.01. The van der Waals surface area contributed by atoms with Crippen LogP contribution in [0.15, 0.2) is 24.3 Å². The quantitative estimate of drug-likeness (QED) is 0.926. The molecule has 1 aromatic carbocycles. The number of hydrogen-bond donors (Lipinski definition) is 1. The Balaban J connectivity index is 1.28. The molecule has 0 saturated carbocycles. The zero-order chi connectivity index (χ0) is 16.5. The molecular formula is C18H21N3O2S. The first kappa shape index (κ1) is 15.6. The summed E-state index contributed by atoms with van der Waals surface area (Å²) in [4.78, 5) is 30.5. The molecule has 2 saturated heterocycles. The highest BCUT2D eigenvalue weighted by atomic mass is 32.1. The lowest BCUT2D eigenvalue weighted by molar-refractivity contribution is -0.130. The third-order valence-corrected chi connectivity index (χ3v) is 6.15. The Bertz CT molecular complexity index is 739. The van der Waals surface area contributed by atoms with Crippen molar-refractivity contribution in [2.24, 2.45) is 11.8 Å². The Morgan fingerprint density at radius 3 is 3.00 bits per heavy atom. The minimum absolute atomic E-state index is 0.126. The number of para-hydroxylation sites is 1. The van der Waals surface area contributed by atoms with Gasteiger partial charge in [0.1, 0.15) is 0 Å². The number of carbonyl (C=O) groups is 2. The van der Waals surface area contributed by atoms with Crippen molar-refractivity contribution in [1.82, 2.24) is 15.2 Å². The zero-order valence-corrected chi connectivity index (χ0v) is 14.3. The average molecular weight is 343 g/mol. The molecule has 24 heavy (non-hydrogen) atoms. The van der Waals surface area contributed by atoms with Crippen molar-refractivity contribution in [2.45, 2.75) is 25.7 Å². The summed E-state index contributed by atoms with van der Waals surface area (Å²) in [6.45, 7) is 2.27. The van der Waals surface area contributed by atoms with E-state index < -0.39 is 0 Å². The maximum Gasteiger partial charge on any atom is 0.222 e. The van der Waals surface area contributed by atoms with Crippen LogP contribution in [0, 0.1) is 11.8 Å². The number of rotatable bonds is 4. The van der Waals surface area contributed by atoms with Crippen LogP contribution in [-0.4, -0.2) is 41.3 Å². The van der Waals surface area contributed by atoms with Gasteiger partial charge in [-0.3, -0.25) is 9.59 Å². The maximum atomic E-state index is 12.4. The van der Waals surface area contributed by atoms with Crippen LogP contribution < -0.4 is 5.32 Å². The predicted molar refractivity (Wildman–Crippen MR) is 93.7 cm³/mol. The van der Waals surface area contributed by atoms with Gasteiger partial charge in [0, 0.05) is 32.5 Å². The Labute approximate surface area is 145 Å². The lowest BCUT2D eigenvalue weighted by Gasteiger charge is -2.23. The molecule has 6 heteroatoms. The van der Waals surface area contributed by atoms with Crippen molar-refractivity contribution in [3.63, 3.8) is 0 Å². The van der Waals surface area contributed by atoms with E-state index in [2.05, 4.69) is 16.4 Å². The van der Waals surface area contributed by atoms with E-state index in [4.69, 9.17) is 0 Å². The van der Waals surface area contributed by atoms with E-state index in [-0.39, 0.29) is 11.8 Å². The lowest BCUT2D eigenvalue weighted by atomic mass is 9.89. The van der Waals surface area contributed by atoms with Crippen molar-refractivity contribution >= 4 is 33.4 Å². The largest absolute Gasteiger partial charge is 0.356 e. The van der Waals surface area contributed by atoms with Gasteiger partial charge in [-0.1, -0.05) is 12.1 Å². The van der Waals surface area contributed by atoms with Gasteiger partial charge in [-0.25, -0.2) is 4.98 Å². The monoisotopic (exact) mass is 343 g/mol. The molecule has 2 aromatic rings. The third-order valence-electron chi connectivity index (χ3n) is 5.06. The molecule has 0 radical (unpaired) electrons. The van der Waals surface area contributed by atoms with E-state index >= 15 is 0 Å². The van der Waals surface area contributed by atoms with Crippen LogP contribution in [0.1, 0.15) is 24.3 Å². The summed E-state index contributed by atoms with van der Waals surface area (Å²) in [6, 6.07) is 8.15. The molecular weight excluding hydrogens is 322 g/mol. The van der Waals surface area contributed by atoms with Crippen LogP contribution in [-0.2, 0) is 16.0 Å². The highest BCUT2D eigenvalue weighted by molar-refractivity contribution is 7.18. The highest BCUT2D eigenvalue weighted by Crippen LogP contribution is 2.29. The van der Waals surface area contributed by atoms with E-state index in [1.807, 2.05) is 23.1 Å². The number of fused-ring (bicyclic) bond motifs is 2. The molecule has 1 aromatic heterocycles. The number of carbonyl (C=O) groups excluding carboxylic acids is 2. The summed E-state index contributed by atoms with van der Waals surface area (Å²) < 4.78 is 1.21. The summed E-state index contributed by atoms with van der Waals surface area (Å²) in [5.41, 5.74) is 1.05. The molecule has 2 fully saturated rings. The van der Waals surface area contributed by atoms with Gasteiger partial charge < -0.3 is 10.2 Å². The molecule has 3 heterocycles. The average Bonchev–Trinajstić information content (AvgIpc) is 3.17. The number of hydrogen-bond acceptors (Lipinski definition) is 4. The van der Waals surface area contributed by atoms with E-state index in [0.717, 1.165) is 43.0 Å². The number of piperidine rings is 1. The number of nitrogens with zero attached hydrogens (tertiary/aromatic N) is 2. The normalized spacial score (nSPS) is 23.3. The van der Waals surface area contributed by atoms with Crippen LogP contribution in [0.4, 0.5) is 0 Å². The predicted octanol–water partition coefficient (Wildman–Crippen LogP) is 2.21. The molecule has 1 N–H and O–H groups in total. The van der Waals surface area contributed by atoms with Gasteiger partial charge in [-0.15, -0.1) is 11.3 Å². The molecule has 0 spiro atoms. The van der Waals surface area contributed by atoms with Crippen molar-refractivity contribution in [1.29, 1.82) is 0 Å². The molecule has 2 amide bonds. The minimum atomic E-state index is 0.126. The first-order valence-corrected chi connectivity index (χ1v) is 9.39. The second-order valence-corrected chi connectivity index (χ2v) is 7.87. The van der Waals surface area contributed by atoms with E-state index in [0.29, 0.717) is 24.7 Å². The first-order valence-electron chi connectivity index (χ1n) is 8.58. The van der Waals surface area contributed by atoms with Gasteiger partial charge in [0.05, 0.1) is 15.2 Å². The number of aryl methyl sites for hydroxylation is 1. The molecule has 5 nitrogen and oxygen atoms in total. The molecule has 2 aliphatic rings. The minimum Gasteiger partial charge on any atom is -0.356 e. The van der Waals surface area contributed by atoms with Crippen molar-refractivity contribution in [3.8, 4) is 0 Å². The van der Waals surface area contributed by atoms with Gasteiger partial charge in [0.25, 0.3) is 0 Å². The SMILES string of the molecule is O=C1C[C@H]2CN(C(=O)CCCc3nc4ccccc4s3)C[C@H]2CN1. The molecule has 0 bridgehead atoms. The number of benzene rings is 1. The van der Waals surface area contributed by atoms with Gasteiger partial charge in [-0.05, 0) is 36.8 Å². The fourth-order valence-corrected chi connectivity index (χ4v) is 4.75. The Morgan fingerprint density at radius 2 is 2.12 bits per heavy atom. The van der Waals surface area contributed by atoms with Crippen molar-refractivity contribution < 1.29 is 9.59 Å². The highest BCUT2D eigenvalue weighted by Gasteiger charge is 2.38. The Hall–Kier alpha value is -1.95. The van der Waals surface area contributed by atoms with Crippen LogP contribution in [0.25, 0.3) is 10.2 Å². The van der Waals surface area contributed by atoms with E-state index in [1.54, 1.807) is 11.3 Å². The van der Waals surface area contributed by atoms with E-state index in [1.165, 1.54) is 4.70 Å². The Morgan fingerprint density at radius 1 is 1.29 bits per heavy atom. The molecule has 0 aliphatic carbocycles. The second kappa shape index (κ2) is 6.51. The van der Waals surface area contributed by atoms with Gasteiger partial charge >= 0.3 is 0 Å². The lowest BCUT2D eigenvalue weighted by Crippen LogP contribution is -2.40. The third kappa shape index (κ3) is 3.15. The fourth-order valence-electron chi connectivity index (χ4n) is 3.74. The van der Waals surface area contributed by atoms with Crippen LogP contribution >= 0.6 is 11.3 Å². The summed E-state index contributed by atoms with van der Waals surface area (Å²) in [7, 11) is 0. The maximum absolute atomic E-state index is 12.4. The molecule has 2 atom stereocenters. The number of nitrogens with one attached hydrogen (secondary N) is 1. The van der Waals surface area contributed by atoms with Crippen LogP contribution in [0.3, 0.4) is 0 Å². The number of amides is 2. The second-order valence-electron chi connectivity index (χ2n) is 6.76.